The zero-order valence-electron chi connectivity index (χ0n) is 21.1. The van der Waals surface area contributed by atoms with E-state index in [1.807, 2.05) is 0 Å². The molecule has 0 fully saturated rings. The first-order valence-electron chi connectivity index (χ1n) is 6.64. The molecule has 0 saturated heterocycles. The van der Waals surface area contributed by atoms with Gasteiger partial charge in [0.15, 0.2) is 0 Å². The first-order chi connectivity index (χ1) is 7.24. The van der Waals surface area contributed by atoms with E-state index in [1.54, 1.807) is 0 Å². The van der Waals surface area contributed by atoms with E-state index in [2.05, 4.69) is 44.5 Å². The maximum Gasteiger partial charge on any atom is 0.0752 e. The van der Waals surface area contributed by atoms with Gasteiger partial charge >= 0.3 is 0 Å². The fourth-order valence-electron chi connectivity index (χ4n) is 0.553. The topological polar surface area (TPSA) is 291 Å². The second-order valence-electron chi connectivity index (χ2n) is 3.57. The molecule has 0 bridgehead atoms. The monoisotopic (exact) mass is 1040 g/mol. The van der Waals surface area contributed by atoms with Crippen LogP contribution in [0.25, 0.3) is 0 Å². The summed E-state index contributed by atoms with van der Waals surface area (Å²) in [6.45, 7) is 13.4. The van der Waals surface area contributed by atoms with Crippen molar-refractivity contribution in [2.75, 3.05) is 26.2 Å². The Balaban J connectivity index is -0.00000000369. The van der Waals surface area contributed by atoms with Gasteiger partial charge in [-0.3, -0.25) is 0 Å². The summed E-state index contributed by atoms with van der Waals surface area (Å²) >= 11 is 0. The Labute approximate surface area is 282 Å². The molecule has 18 heteroatoms. The number of hydrogen-bond donors (Lipinski definition) is 9. The minimum atomic E-state index is 0. The van der Waals surface area contributed by atoms with Crippen molar-refractivity contribution >= 4 is 0 Å². The molecule has 0 unspecified atom stereocenters. The van der Waals surface area contributed by atoms with E-state index in [4.69, 9.17) is 0 Å². The quantitative estimate of drug-likeness (QED) is 0.112. The lowest BCUT2D eigenvalue weighted by Crippen LogP contribution is -3.00. The van der Waals surface area contributed by atoms with Crippen LogP contribution in [0.15, 0.2) is 0 Å². The smallest absolute Gasteiger partial charge is 0.0752 e. The van der Waals surface area contributed by atoms with Crippen LogP contribution in [-0.4, -0.2) is 26.2 Å². The van der Waals surface area contributed by atoms with Crippen LogP contribution in [0.2, 0.25) is 0 Å². The van der Waals surface area contributed by atoms with Gasteiger partial charge in [-0.25, -0.2) is 0 Å². The van der Waals surface area contributed by atoms with Gasteiger partial charge in [0.05, 0.1) is 26.2 Å². The highest BCUT2D eigenvalue weighted by Crippen LogP contribution is 1.62. The molecule has 0 aromatic rings. The first-order valence-corrected chi connectivity index (χ1v) is 6.64. The Morgan fingerprint density at radius 3 is 0.600 bits per heavy atom. The Kier molecular flexibility index (Phi) is 968. The second kappa shape index (κ2) is 200. The van der Waals surface area contributed by atoms with Gasteiger partial charge in [0, 0.05) is 0 Å². The fourth-order valence-corrected chi connectivity index (χ4v) is 0.553. The molecule has 0 aromatic carbocycles. The van der Waals surface area contributed by atoms with Crippen LogP contribution < -0.4 is 207 Å². The molecular formula is C12H60Br9N9. The van der Waals surface area contributed by atoms with Gasteiger partial charge in [0.25, 0.3) is 0 Å². The molecule has 0 heterocycles. The van der Waals surface area contributed by atoms with Crippen LogP contribution in [0.3, 0.4) is 0 Å². The van der Waals surface area contributed by atoms with E-state index >= 15 is 0 Å². The molecule has 9 nitrogen and oxygen atoms in total. The zero-order valence-corrected chi connectivity index (χ0v) is 35.3. The van der Waals surface area contributed by atoms with Crippen molar-refractivity contribution in [1.82, 2.24) is 36.9 Å². The fraction of sp³-hybridized carbons (Fsp3) is 1.00. The lowest BCUT2D eigenvalue weighted by Gasteiger charge is -1.92. The van der Waals surface area contributed by atoms with E-state index in [1.165, 1.54) is 38.8 Å². The van der Waals surface area contributed by atoms with Gasteiger partial charge in [-0.1, -0.05) is 27.7 Å². The predicted molar refractivity (Wildman–Crippen MR) is 104 cm³/mol. The van der Waals surface area contributed by atoms with Crippen LogP contribution in [0.5, 0.6) is 0 Å². The number of nitrogens with two attached hydrogens (primary N) is 1. The van der Waals surface area contributed by atoms with Crippen molar-refractivity contribution in [3.8, 4) is 0 Å². The molecule has 0 aliphatic heterocycles. The molecule has 0 amide bonds. The van der Waals surface area contributed by atoms with Gasteiger partial charge < -0.3 is 207 Å². The van der Waals surface area contributed by atoms with Gasteiger partial charge in [-0.05, 0) is 25.7 Å². The van der Waals surface area contributed by atoms with Gasteiger partial charge in [0.2, 0.25) is 0 Å². The van der Waals surface area contributed by atoms with Crippen molar-refractivity contribution < 1.29 is 170 Å². The van der Waals surface area contributed by atoms with E-state index in [9.17, 15) is 0 Å². The Bertz CT molecular complexity index is 92.2. The molecular weight excluding hydrogens is 989 g/mol. The maximum absolute atomic E-state index is 3.60. The Morgan fingerprint density at radius 2 is 0.533 bits per heavy atom. The van der Waals surface area contributed by atoms with E-state index < -0.39 is 0 Å². The first kappa shape index (κ1) is 145. The van der Waals surface area contributed by atoms with Crippen molar-refractivity contribution in [3.05, 3.63) is 0 Å². The summed E-state index contributed by atoms with van der Waals surface area (Å²) < 4.78 is 0. The molecule has 0 atom stereocenters. The van der Waals surface area contributed by atoms with E-state index in [0.717, 1.165) is 13.1 Å². The summed E-state index contributed by atoms with van der Waals surface area (Å²) in [4.78, 5) is 0. The van der Waals surface area contributed by atoms with Crippen LogP contribution in [-0.2, 0) is 0 Å². The third kappa shape index (κ3) is 309. The predicted octanol–water partition coefficient (Wildman–Crippen LogP) is -25.1. The van der Waals surface area contributed by atoms with E-state index in [0.29, 0.717) is 0 Å². The maximum atomic E-state index is 3.60. The lowest BCUT2D eigenvalue weighted by atomic mass is 10.4. The third-order valence-electron chi connectivity index (χ3n) is 1.69. The van der Waals surface area contributed by atoms with E-state index in [-0.39, 0.29) is 190 Å². The normalized spacial score (nSPS) is 4.20. The SMILES string of the molecule is CCC[NH2+]CCC.CCC[NH3+].CCC[NH3+].[Br-].[Br-].[Br-].[Br-].[Br-].[Br-].[Br-].[Br-].[Br-].[NH4+].[NH4+].[NH4+].[NH4+].[NH4+].[NH4+]. The summed E-state index contributed by atoms with van der Waals surface area (Å²) in [7, 11) is 0. The summed E-state index contributed by atoms with van der Waals surface area (Å²) in [5, 5.41) is 2.36. The highest BCUT2D eigenvalue weighted by molar-refractivity contribution is 4.17. The molecule has 32 N–H and O–H groups in total. The number of rotatable bonds is 6. The van der Waals surface area contributed by atoms with Gasteiger partial charge in [-0.15, -0.1) is 0 Å². The highest BCUT2D eigenvalue weighted by Gasteiger charge is 1.80. The molecule has 0 saturated carbocycles. The van der Waals surface area contributed by atoms with Crippen molar-refractivity contribution in [2.45, 2.75) is 53.4 Å². The van der Waals surface area contributed by atoms with Crippen LogP contribution in [0.4, 0.5) is 0 Å². The van der Waals surface area contributed by atoms with Gasteiger partial charge in [0.1, 0.15) is 0 Å². The van der Waals surface area contributed by atoms with Crippen molar-refractivity contribution in [2.24, 2.45) is 0 Å². The van der Waals surface area contributed by atoms with Crippen molar-refractivity contribution in [3.63, 3.8) is 0 Å². The number of hydrogen-bond acceptors (Lipinski definition) is 0. The Hall–Kier alpha value is 3.96. The average molecular weight is 1050 g/mol. The van der Waals surface area contributed by atoms with Crippen LogP contribution >= 0.6 is 0 Å². The molecule has 0 aliphatic rings. The molecule has 0 aliphatic carbocycles. The third-order valence-corrected chi connectivity index (χ3v) is 1.69. The molecule has 0 spiro atoms. The molecule has 0 rings (SSSR count). The summed E-state index contributed by atoms with van der Waals surface area (Å²) in [5.41, 5.74) is 7.21. The average Bonchev–Trinajstić information content (AvgIpc) is 2.30. The minimum absolute atomic E-state index is 0. The van der Waals surface area contributed by atoms with Crippen LogP contribution in [0, 0.1) is 0 Å². The summed E-state index contributed by atoms with van der Waals surface area (Å²) in [6, 6.07) is 0. The minimum Gasteiger partial charge on any atom is -1.00 e. The second-order valence-corrected chi connectivity index (χ2v) is 3.57. The summed E-state index contributed by atoms with van der Waals surface area (Å²) in [5.74, 6) is 0. The van der Waals surface area contributed by atoms with Crippen LogP contribution in [0.1, 0.15) is 53.4 Å². The zero-order chi connectivity index (χ0) is 12.4. The standard InChI is InChI=1S/C6H15N.2C3H9N.9BrH.6H3N/c1-3-5-7-6-4-2;2*1-2-3-4;;;;;;;;;;;;;;;/h7H,3-6H2,1-2H3;2*2-4H2,1H3;9*1H;6*1H3. The highest BCUT2D eigenvalue weighted by atomic mass is 79.9. The molecule has 216 valence electrons. The van der Waals surface area contributed by atoms with Gasteiger partial charge in [-0.2, -0.15) is 0 Å². The summed E-state index contributed by atoms with van der Waals surface area (Å²) in [6.07, 6.45) is 5.03. The lowest BCUT2D eigenvalue weighted by molar-refractivity contribution is -0.654. The molecule has 30 heavy (non-hydrogen) atoms. The largest absolute Gasteiger partial charge is 1.00 e. The number of quaternary nitrogens is 9. The molecule has 0 aromatic heterocycles. The molecule has 0 radical (unpaired) electrons. The number of halogens is 9. The Morgan fingerprint density at radius 1 is 0.400 bits per heavy atom. The van der Waals surface area contributed by atoms with Crippen molar-refractivity contribution in [1.29, 1.82) is 0 Å².